The molecule has 17 heavy (non-hydrogen) atoms. The number of rotatable bonds is 4. The summed E-state index contributed by atoms with van der Waals surface area (Å²) in [5.41, 5.74) is 8.07. The molecule has 0 aliphatic rings. The van der Waals surface area contributed by atoms with Gasteiger partial charge in [0, 0.05) is 29.7 Å². The van der Waals surface area contributed by atoms with Crippen molar-refractivity contribution in [3.63, 3.8) is 0 Å². The van der Waals surface area contributed by atoms with Crippen LogP contribution in [-0.2, 0) is 13.0 Å². The normalized spacial score (nSPS) is 13.2. The van der Waals surface area contributed by atoms with Crippen LogP contribution in [0.3, 0.4) is 0 Å². The van der Waals surface area contributed by atoms with E-state index >= 15 is 0 Å². The number of aryl methyl sites for hydroxylation is 2. The number of nitrogens with two attached hydrogens (primary N) is 1. The van der Waals surface area contributed by atoms with Crippen LogP contribution in [0.2, 0.25) is 0 Å². The highest BCUT2D eigenvalue weighted by Gasteiger charge is 2.09. The van der Waals surface area contributed by atoms with Gasteiger partial charge in [0.1, 0.15) is 5.82 Å². The Morgan fingerprint density at radius 2 is 2.18 bits per heavy atom. The molecule has 0 radical (unpaired) electrons. The van der Waals surface area contributed by atoms with Gasteiger partial charge in [-0.3, -0.25) is 0 Å². The standard InChI is InChI=1S/C14H19FN2/c1-3-17-9-11(5-4-10(2)16)13-8-12(15)6-7-14(13)17/h6-10H,3-5,16H2,1-2H3/t10-/m1/s1. The molecular weight excluding hydrogens is 215 g/mol. The van der Waals surface area contributed by atoms with Crippen molar-refractivity contribution >= 4 is 10.9 Å². The Hall–Kier alpha value is -1.35. The van der Waals surface area contributed by atoms with Crippen molar-refractivity contribution in [1.29, 1.82) is 0 Å². The second-order valence-electron chi connectivity index (χ2n) is 4.62. The van der Waals surface area contributed by atoms with E-state index in [1.165, 1.54) is 11.6 Å². The predicted molar refractivity (Wildman–Crippen MR) is 69.5 cm³/mol. The first-order chi connectivity index (χ1) is 8.11. The van der Waals surface area contributed by atoms with E-state index in [0.29, 0.717) is 0 Å². The number of halogens is 1. The quantitative estimate of drug-likeness (QED) is 0.866. The first kappa shape index (κ1) is 12.1. The van der Waals surface area contributed by atoms with E-state index in [1.54, 1.807) is 6.07 Å². The topological polar surface area (TPSA) is 30.9 Å². The lowest BCUT2D eigenvalue weighted by Crippen LogP contribution is -2.15. The van der Waals surface area contributed by atoms with Crippen molar-refractivity contribution in [2.24, 2.45) is 5.73 Å². The summed E-state index contributed by atoms with van der Waals surface area (Å²) in [4.78, 5) is 0. The van der Waals surface area contributed by atoms with E-state index < -0.39 is 0 Å². The zero-order valence-electron chi connectivity index (χ0n) is 10.4. The monoisotopic (exact) mass is 234 g/mol. The number of aromatic nitrogens is 1. The third-order valence-electron chi connectivity index (χ3n) is 3.14. The summed E-state index contributed by atoms with van der Waals surface area (Å²) < 4.78 is 15.5. The van der Waals surface area contributed by atoms with Crippen LogP contribution in [0.15, 0.2) is 24.4 Å². The van der Waals surface area contributed by atoms with Crippen LogP contribution in [0.25, 0.3) is 10.9 Å². The molecule has 3 heteroatoms. The van der Waals surface area contributed by atoms with Crippen molar-refractivity contribution in [3.8, 4) is 0 Å². The summed E-state index contributed by atoms with van der Waals surface area (Å²) >= 11 is 0. The SMILES string of the molecule is CCn1cc(CC[C@@H](C)N)c2cc(F)ccc21. The smallest absolute Gasteiger partial charge is 0.123 e. The number of benzene rings is 1. The minimum atomic E-state index is -0.173. The highest BCUT2D eigenvalue weighted by atomic mass is 19.1. The Labute approximate surface area is 101 Å². The van der Waals surface area contributed by atoms with Crippen LogP contribution in [-0.4, -0.2) is 10.6 Å². The number of hydrogen-bond acceptors (Lipinski definition) is 1. The van der Waals surface area contributed by atoms with Gasteiger partial charge in [0.15, 0.2) is 0 Å². The Morgan fingerprint density at radius 1 is 1.41 bits per heavy atom. The van der Waals surface area contributed by atoms with Gasteiger partial charge in [-0.2, -0.15) is 0 Å². The Morgan fingerprint density at radius 3 is 2.82 bits per heavy atom. The number of hydrogen-bond donors (Lipinski definition) is 1. The van der Waals surface area contributed by atoms with Gasteiger partial charge < -0.3 is 10.3 Å². The second kappa shape index (κ2) is 4.88. The molecule has 0 amide bonds. The van der Waals surface area contributed by atoms with Crippen molar-refractivity contribution in [2.75, 3.05) is 0 Å². The molecule has 0 saturated carbocycles. The molecule has 1 heterocycles. The minimum absolute atomic E-state index is 0.173. The summed E-state index contributed by atoms with van der Waals surface area (Å²) in [6.45, 7) is 5.00. The van der Waals surface area contributed by atoms with Gasteiger partial charge in [-0.05, 0) is 50.5 Å². The van der Waals surface area contributed by atoms with E-state index in [0.717, 1.165) is 30.3 Å². The lowest BCUT2D eigenvalue weighted by Gasteiger charge is -2.03. The number of fused-ring (bicyclic) bond motifs is 1. The van der Waals surface area contributed by atoms with Crippen LogP contribution in [0.4, 0.5) is 4.39 Å². The van der Waals surface area contributed by atoms with E-state index in [2.05, 4.69) is 17.7 Å². The molecule has 0 spiro atoms. The van der Waals surface area contributed by atoms with Gasteiger partial charge >= 0.3 is 0 Å². The second-order valence-corrected chi connectivity index (χ2v) is 4.62. The molecule has 0 aliphatic heterocycles. The largest absolute Gasteiger partial charge is 0.347 e. The summed E-state index contributed by atoms with van der Waals surface area (Å²) in [5.74, 6) is -0.173. The van der Waals surface area contributed by atoms with Gasteiger partial charge in [-0.1, -0.05) is 0 Å². The molecule has 0 aliphatic carbocycles. The molecule has 2 N–H and O–H groups in total. The molecule has 0 fully saturated rings. The minimum Gasteiger partial charge on any atom is -0.347 e. The Kier molecular flexibility index (Phi) is 3.48. The van der Waals surface area contributed by atoms with Gasteiger partial charge in [-0.15, -0.1) is 0 Å². The first-order valence-electron chi connectivity index (χ1n) is 6.14. The lowest BCUT2D eigenvalue weighted by molar-refractivity contribution is 0.629. The van der Waals surface area contributed by atoms with Crippen molar-refractivity contribution in [1.82, 2.24) is 4.57 Å². The maximum Gasteiger partial charge on any atom is 0.123 e. The molecular formula is C14H19FN2. The summed E-state index contributed by atoms with van der Waals surface area (Å²) in [6, 6.07) is 5.18. The third-order valence-corrected chi connectivity index (χ3v) is 3.14. The molecule has 2 rings (SSSR count). The molecule has 2 nitrogen and oxygen atoms in total. The van der Waals surface area contributed by atoms with Gasteiger partial charge in [0.2, 0.25) is 0 Å². The first-order valence-corrected chi connectivity index (χ1v) is 6.14. The van der Waals surface area contributed by atoms with Crippen molar-refractivity contribution < 1.29 is 4.39 Å². The molecule has 0 saturated heterocycles. The van der Waals surface area contributed by atoms with Crippen molar-refractivity contribution in [3.05, 3.63) is 35.8 Å². The highest BCUT2D eigenvalue weighted by molar-refractivity contribution is 5.84. The van der Waals surface area contributed by atoms with Gasteiger partial charge in [-0.25, -0.2) is 4.39 Å². The van der Waals surface area contributed by atoms with Gasteiger partial charge in [0.05, 0.1) is 0 Å². The molecule has 1 aromatic heterocycles. The van der Waals surface area contributed by atoms with Crippen LogP contribution in [0, 0.1) is 5.82 Å². The number of nitrogens with zero attached hydrogens (tertiary/aromatic N) is 1. The van der Waals surface area contributed by atoms with Crippen LogP contribution >= 0.6 is 0 Å². The average molecular weight is 234 g/mol. The maximum absolute atomic E-state index is 13.3. The highest BCUT2D eigenvalue weighted by Crippen LogP contribution is 2.24. The molecule has 2 aromatic rings. The fourth-order valence-electron chi connectivity index (χ4n) is 2.19. The maximum atomic E-state index is 13.3. The Balaban J connectivity index is 2.43. The van der Waals surface area contributed by atoms with Crippen molar-refractivity contribution in [2.45, 2.75) is 39.3 Å². The predicted octanol–water partition coefficient (Wildman–Crippen LogP) is 3.08. The third kappa shape index (κ3) is 2.50. The molecule has 92 valence electrons. The van der Waals surface area contributed by atoms with E-state index in [-0.39, 0.29) is 11.9 Å². The van der Waals surface area contributed by atoms with E-state index in [1.807, 2.05) is 13.0 Å². The zero-order chi connectivity index (χ0) is 12.4. The Bertz CT molecular complexity index is 514. The molecule has 0 unspecified atom stereocenters. The van der Waals surface area contributed by atoms with Crippen LogP contribution in [0.5, 0.6) is 0 Å². The molecule has 1 aromatic carbocycles. The zero-order valence-corrected chi connectivity index (χ0v) is 10.4. The van der Waals surface area contributed by atoms with Crippen LogP contribution < -0.4 is 5.73 Å². The average Bonchev–Trinajstić information content (AvgIpc) is 2.63. The lowest BCUT2D eigenvalue weighted by atomic mass is 10.1. The summed E-state index contributed by atoms with van der Waals surface area (Å²) in [6.07, 6.45) is 3.95. The molecule has 0 bridgehead atoms. The van der Waals surface area contributed by atoms with E-state index in [4.69, 9.17) is 5.73 Å². The fourth-order valence-corrected chi connectivity index (χ4v) is 2.19. The summed E-state index contributed by atoms with van der Waals surface area (Å²) in [5, 5.41) is 1.02. The van der Waals surface area contributed by atoms with Crippen LogP contribution in [0.1, 0.15) is 25.8 Å². The van der Waals surface area contributed by atoms with Gasteiger partial charge in [0.25, 0.3) is 0 Å². The summed E-state index contributed by atoms with van der Waals surface area (Å²) in [7, 11) is 0. The molecule has 1 atom stereocenters. The van der Waals surface area contributed by atoms with E-state index in [9.17, 15) is 4.39 Å². The fraction of sp³-hybridized carbons (Fsp3) is 0.429.